The van der Waals surface area contributed by atoms with Crippen molar-refractivity contribution in [3.8, 4) is 11.5 Å². The molecule has 2 aliphatic rings. The minimum absolute atomic E-state index is 0.0126. The zero-order chi connectivity index (χ0) is 21.3. The fraction of sp³-hybridized carbons (Fsp3) is 0.565. The molecule has 2 aliphatic heterocycles. The third-order valence-corrected chi connectivity index (χ3v) is 6.33. The molecule has 0 bridgehead atoms. The molecule has 30 heavy (non-hydrogen) atoms. The molecule has 1 aromatic heterocycles. The van der Waals surface area contributed by atoms with Crippen molar-refractivity contribution in [2.75, 3.05) is 26.7 Å². The lowest BCUT2D eigenvalue weighted by atomic mass is 9.91. The van der Waals surface area contributed by atoms with Crippen LogP contribution in [0.2, 0.25) is 0 Å². The van der Waals surface area contributed by atoms with Crippen LogP contribution in [0, 0.1) is 12.8 Å². The summed E-state index contributed by atoms with van der Waals surface area (Å²) in [7, 11) is 3.63. The number of fused-ring (bicyclic) bond motifs is 1. The number of rotatable bonds is 4. The highest BCUT2D eigenvalue weighted by molar-refractivity contribution is 5.73. The van der Waals surface area contributed by atoms with Gasteiger partial charge in [-0.05, 0) is 44.5 Å². The van der Waals surface area contributed by atoms with E-state index in [4.69, 9.17) is 9.47 Å². The predicted molar refractivity (Wildman–Crippen MR) is 114 cm³/mol. The zero-order valence-electron chi connectivity index (χ0n) is 18.4. The van der Waals surface area contributed by atoms with Crippen LogP contribution in [0.4, 0.5) is 0 Å². The average Bonchev–Trinajstić information content (AvgIpc) is 2.93. The van der Waals surface area contributed by atoms with Crippen LogP contribution < -0.4 is 9.47 Å². The Morgan fingerprint density at radius 2 is 2.17 bits per heavy atom. The number of benzene rings is 1. The number of piperidine rings is 1. The highest BCUT2D eigenvalue weighted by Gasteiger charge is 2.33. The van der Waals surface area contributed by atoms with Crippen molar-refractivity contribution in [1.29, 1.82) is 0 Å². The molecule has 7 heteroatoms. The van der Waals surface area contributed by atoms with Crippen LogP contribution in [0.5, 0.6) is 11.5 Å². The Morgan fingerprint density at radius 1 is 1.33 bits per heavy atom. The first-order valence-electron chi connectivity index (χ1n) is 10.7. The number of hydrogen-bond acceptors (Lipinski definition) is 5. The maximum atomic E-state index is 12.3. The molecule has 0 aliphatic carbocycles. The van der Waals surface area contributed by atoms with Gasteiger partial charge >= 0.3 is 0 Å². The van der Waals surface area contributed by atoms with E-state index in [9.17, 15) is 4.79 Å². The molecule has 7 nitrogen and oxygen atoms in total. The van der Waals surface area contributed by atoms with Gasteiger partial charge in [0.15, 0.2) is 0 Å². The molecule has 3 heterocycles. The molecule has 1 fully saturated rings. The predicted octanol–water partition coefficient (Wildman–Crippen LogP) is 2.76. The van der Waals surface area contributed by atoms with E-state index in [0.29, 0.717) is 19.0 Å². The van der Waals surface area contributed by atoms with Crippen molar-refractivity contribution in [3.63, 3.8) is 0 Å². The summed E-state index contributed by atoms with van der Waals surface area (Å²) in [4.78, 5) is 16.7. The zero-order valence-corrected chi connectivity index (χ0v) is 18.4. The van der Waals surface area contributed by atoms with Crippen molar-refractivity contribution in [3.05, 3.63) is 41.2 Å². The lowest BCUT2D eigenvalue weighted by Gasteiger charge is -2.37. The number of amides is 1. The second kappa shape index (κ2) is 8.68. The van der Waals surface area contributed by atoms with Crippen molar-refractivity contribution in [2.24, 2.45) is 13.0 Å². The number of methoxy groups -OCH3 is 1. The van der Waals surface area contributed by atoms with Crippen molar-refractivity contribution < 1.29 is 14.3 Å². The number of carbonyl (C=O) groups excluding carboxylic acids is 1. The van der Waals surface area contributed by atoms with E-state index < -0.39 is 0 Å². The monoisotopic (exact) mass is 412 g/mol. The van der Waals surface area contributed by atoms with E-state index in [2.05, 4.69) is 23.1 Å². The van der Waals surface area contributed by atoms with E-state index in [1.807, 2.05) is 34.8 Å². The van der Waals surface area contributed by atoms with Crippen molar-refractivity contribution >= 4 is 5.91 Å². The van der Waals surface area contributed by atoms with E-state index in [-0.39, 0.29) is 12.0 Å². The van der Waals surface area contributed by atoms with Crippen molar-refractivity contribution in [2.45, 2.75) is 45.9 Å². The van der Waals surface area contributed by atoms with Gasteiger partial charge in [-0.2, -0.15) is 5.10 Å². The van der Waals surface area contributed by atoms with Crippen molar-refractivity contribution in [1.82, 2.24) is 19.6 Å². The summed E-state index contributed by atoms with van der Waals surface area (Å²) in [6.07, 6.45) is 4.35. The maximum absolute atomic E-state index is 12.3. The Hall–Kier alpha value is -2.54. The molecular weight excluding hydrogens is 380 g/mol. The van der Waals surface area contributed by atoms with Gasteiger partial charge in [-0.1, -0.05) is 0 Å². The van der Waals surface area contributed by atoms with E-state index in [1.165, 1.54) is 5.56 Å². The summed E-state index contributed by atoms with van der Waals surface area (Å²) in [5.41, 5.74) is 3.38. The van der Waals surface area contributed by atoms with Crippen LogP contribution in [0.1, 0.15) is 36.6 Å². The van der Waals surface area contributed by atoms with Gasteiger partial charge in [0.1, 0.15) is 17.6 Å². The molecule has 1 saturated heterocycles. The number of likely N-dealkylation sites (tertiary alicyclic amines) is 1. The Labute approximate surface area is 178 Å². The summed E-state index contributed by atoms with van der Waals surface area (Å²) < 4.78 is 13.8. The number of aromatic nitrogens is 2. The van der Waals surface area contributed by atoms with Gasteiger partial charge in [0, 0.05) is 56.8 Å². The van der Waals surface area contributed by atoms with E-state index >= 15 is 0 Å². The molecule has 0 N–H and O–H groups in total. The highest BCUT2D eigenvalue weighted by atomic mass is 16.5. The third-order valence-electron chi connectivity index (χ3n) is 6.33. The largest absolute Gasteiger partial charge is 0.497 e. The smallest absolute Gasteiger partial charge is 0.219 e. The topological polar surface area (TPSA) is 59.8 Å². The number of nitrogens with zero attached hydrogens (tertiary/aromatic N) is 4. The van der Waals surface area contributed by atoms with Crippen LogP contribution in [-0.4, -0.2) is 58.3 Å². The molecule has 2 atom stereocenters. The maximum Gasteiger partial charge on any atom is 0.219 e. The van der Waals surface area contributed by atoms with Gasteiger partial charge < -0.3 is 14.4 Å². The first kappa shape index (κ1) is 20.7. The molecule has 1 aromatic carbocycles. The number of carbonyl (C=O) groups is 1. The van der Waals surface area contributed by atoms with Crippen LogP contribution in [0.15, 0.2) is 24.4 Å². The van der Waals surface area contributed by atoms with Gasteiger partial charge in [0.05, 0.1) is 19.3 Å². The lowest BCUT2D eigenvalue weighted by molar-refractivity contribution is -0.130. The molecule has 1 amide bonds. The number of aryl methyl sites for hydroxylation is 2. The molecule has 0 saturated carbocycles. The Morgan fingerprint density at radius 3 is 2.87 bits per heavy atom. The standard InChI is InChI=1S/C23H32N4O3/c1-16-20(11-25(3)24-16)13-26-9-5-6-18(12-26)23-15-27(17(2)28)14-19-10-21(29-4)7-8-22(19)30-23/h7-8,10-11,18,23H,5-6,9,12-15H2,1-4H3/t18-,23-/m0/s1. The second-order valence-corrected chi connectivity index (χ2v) is 8.58. The Balaban J connectivity index is 1.52. The highest BCUT2D eigenvalue weighted by Crippen LogP contribution is 2.33. The summed E-state index contributed by atoms with van der Waals surface area (Å²) in [5.74, 6) is 2.11. The Bertz CT molecular complexity index is 910. The molecule has 162 valence electrons. The fourth-order valence-corrected chi connectivity index (χ4v) is 4.68. The molecule has 4 rings (SSSR count). The van der Waals surface area contributed by atoms with Gasteiger partial charge in [0.2, 0.25) is 5.91 Å². The number of ether oxygens (including phenoxy) is 2. The fourth-order valence-electron chi connectivity index (χ4n) is 4.68. The van der Waals surface area contributed by atoms with Gasteiger partial charge in [-0.25, -0.2) is 0 Å². The SMILES string of the molecule is COc1ccc2c(c1)CN(C(C)=O)C[C@@H]([C@H]1CCCN(Cc3cn(C)nc3C)C1)O2. The molecular formula is C23H32N4O3. The lowest BCUT2D eigenvalue weighted by Crippen LogP contribution is -2.46. The molecule has 0 radical (unpaired) electrons. The normalized spacial score (nSPS) is 22.2. The first-order chi connectivity index (χ1) is 14.4. The minimum Gasteiger partial charge on any atom is -0.497 e. The van der Waals surface area contributed by atoms with Crippen LogP contribution in [0.25, 0.3) is 0 Å². The number of hydrogen-bond donors (Lipinski definition) is 0. The molecule has 0 unspecified atom stereocenters. The van der Waals surface area contributed by atoms with Gasteiger partial charge in [-0.15, -0.1) is 0 Å². The molecule has 0 spiro atoms. The summed E-state index contributed by atoms with van der Waals surface area (Å²) in [6, 6.07) is 5.88. The summed E-state index contributed by atoms with van der Waals surface area (Å²) in [6.45, 7) is 7.85. The minimum atomic E-state index is -0.0126. The van der Waals surface area contributed by atoms with Crippen LogP contribution >= 0.6 is 0 Å². The third kappa shape index (κ3) is 4.46. The second-order valence-electron chi connectivity index (χ2n) is 8.58. The quantitative estimate of drug-likeness (QED) is 0.773. The molecule has 2 aromatic rings. The van der Waals surface area contributed by atoms with Crippen LogP contribution in [-0.2, 0) is 24.9 Å². The van der Waals surface area contributed by atoms with E-state index in [1.54, 1.807) is 14.0 Å². The van der Waals surface area contributed by atoms with Gasteiger partial charge in [-0.3, -0.25) is 14.4 Å². The van der Waals surface area contributed by atoms with Crippen LogP contribution in [0.3, 0.4) is 0 Å². The van der Waals surface area contributed by atoms with E-state index in [0.717, 1.165) is 55.2 Å². The van der Waals surface area contributed by atoms with Gasteiger partial charge in [0.25, 0.3) is 0 Å². The first-order valence-corrected chi connectivity index (χ1v) is 10.7. The summed E-state index contributed by atoms with van der Waals surface area (Å²) >= 11 is 0. The average molecular weight is 413 g/mol. The summed E-state index contributed by atoms with van der Waals surface area (Å²) in [5, 5.41) is 4.48. The Kier molecular flexibility index (Phi) is 5.99.